The summed E-state index contributed by atoms with van der Waals surface area (Å²) in [6.45, 7) is 4.24. The van der Waals surface area contributed by atoms with Crippen LogP contribution in [0, 0.1) is 6.92 Å². The van der Waals surface area contributed by atoms with E-state index >= 15 is 0 Å². The Balaban J connectivity index is 1.31. The van der Waals surface area contributed by atoms with Crippen LogP contribution in [0.15, 0.2) is 29.6 Å². The van der Waals surface area contributed by atoms with E-state index in [0.717, 1.165) is 37.1 Å². The lowest BCUT2D eigenvalue weighted by molar-refractivity contribution is -0.117. The van der Waals surface area contributed by atoms with Crippen LogP contribution in [0.3, 0.4) is 0 Å². The summed E-state index contributed by atoms with van der Waals surface area (Å²) in [5.74, 6) is 0.533. The molecule has 0 spiro atoms. The number of carbonyl (C=O) groups is 1. The van der Waals surface area contributed by atoms with Crippen LogP contribution in [-0.2, 0) is 4.79 Å². The van der Waals surface area contributed by atoms with Gasteiger partial charge in [0.05, 0.1) is 27.5 Å². The molecule has 0 bridgehead atoms. The molecule has 1 aromatic carbocycles. The molecule has 1 aliphatic heterocycles. The number of anilines is 1. The van der Waals surface area contributed by atoms with Gasteiger partial charge < -0.3 is 5.32 Å². The highest BCUT2D eigenvalue weighted by atomic mass is 32.1. The van der Waals surface area contributed by atoms with Crippen molar-refractivity contribution >= 4 is 43.9 Å². The third-order valence-corrected chi connectivity index (χ3v) is 6.55. The number of amides is 1. The molecule has 25 heavy (non-hydrogen) atoms. The first kappa shape index (κ1) is 16.6. The third-order valence-electron chi connectivity index (χ3n) is 4.48. The fourth-order valence-corrected chi connectivity index (χ4v) is 5.02. The molecule has 0 unspecified atom stereocenters. The number of fused-ring (bicyclic) bond motifs is 1. The van der Waals surface area contributed by atoms with Crippen LogP contribution in [0.1, 0.15) is 29.5 Å². The number of carbonyl (C=O) groups excluding carboxylic acids is 1. The molecule has 0 radical (unpaired) electrons. The van der Waals surface area contributed by atoms with Crippen LogP contribution in [0.2, 0.25) is 0 Å². The fourth-order valence-electron chi connectivity index (χ4n) is 3.18. The average molecular weight is 373 g/mol. The molecule has 1 saturated heterocycles. The molecule has 130 valence electrons. The molecule has 1 amide bonds. The minimum atomic E-state index is 0.0211. The maximum atomic E-state index is 12.2. The number of hydrogen-bond acceptors (Lipinski definition) is 6. The zero-order chi connectivity index (χ0) is 17.2. The van der Waals surface area contributed by atoms with Crippen LogP contribution in [0.25, 0.3) is 10.2 Å². The highest BCUT2D eigenvalue weighted by molar-refractivity contribution is 7.18. The number of piperidine rings is 1. The summed E-state index contributed by atoms with van der Waals surface area (Å²) in [7, 11) is 0. The van der Waals surface area contributed by atoms with Gasteiger partial charge in [-0.1, -0.05) is 12.1 Å². The number of likely N-dealkylation sites (tertiary alicyclic amines) is 1. The summed E-state index contributed by atoms with van der Waals surface area (Å²) < 4.78 is 1.26. The lowest BCUT2D eigenvalue weighted by Gasteiger charge is -2.30. The lowest BCUT2D eigenvalue weighted by Crippen LogP contribution is -2.38. The predicted molar refractivity (Wildman–Crippen MR) is 104 cm³/mol. The Morgan fingerprint density at radius 3 is 2.80 bits per heavy atom. The van der Waals surface area contributed by atoms with Gasteiger partial charge in [-0.05, 0) is 45.0 Å². The third kappa shape index (κ3) is 3.89. The molecule has 2 aromatic heterocycles. The smallest absolute Gasteiger partial charge is 0.240 e. The number of aryl methyl sites for hydroxylation is 1. The summed E-state index contributed by atoms with van der Waals surface area (Å²) in [6.07, 6.45) is 2.12. The number of nitrogens with zero attached hydrogens (tertiary/aromatic N) is 3. The van der Waals surface area contributed by atoms with Crippen molar-refractivity contribution in [2.45, 2.75) is 25.7 Å². The van der Waals surface area contributed by atoms with Crippen LogP contribution < -0.4 is 5.32 Å². The van der Waals surface area contributed by atoms with Gasteiger partial charge in [0.2, 0.25) is 5.91 Å². The highest BCUT2D eigenvalue weighted by Gasteiger charge is 2.24. The van der Waals surface area contributed by atoms with Crippen LogP contribution >= 0.6 is 22.7 Å². The largest absolute Gasteiger partial charge is 0.301 e. The van der Waals surface area contributed by atoms with Gasteiger partial charge in [-0.25, -0.2) is 9.97 Å². The molecule has 3 aromatic rings. The van der Waals surface area contributed by atoms with E-state index in [4.69, 9.17) is 4.98 Å². The topological polar surface area (TPSA) is 58.1 Å². The number of rotatable bonds is 4. The summed E-state index contributed by atoms with van der Waals surface area (Å²) in [4.78, 5) is 23.5. The minimum Gasteiger partial charge on any atom is -0.301 e. The van der Waals surface area contributed by atoms with Gasteiger partial charge in [-0.2, -0.15) is 0 Å². The molecule has 1 aliphatic rings. The normalized spacial score (nSPS) is 16.4. The second-order valence-corrected chi connectivity index (χ2v) is 8.33. The number of para-hydroxylation sites is 1. The van der Waals surface area contributed by atoms with Crippen molar-refractivity contribution < 1.29 is 4.79 Å². The van der Waals surface area contributed by atoms with Crippen molar-refractivity contribution in [1.29, 1.82) is 0 Å². The first-order valence-corrected chi connectivity index (χ1v) is 10.2. The van der Waals surface area contributed by atoms with Crippen molar-refractivity contribution in [1.82, 2.24) is 14.9 Å². The monoisotopic (exact) mass is 372 g/mol. The van der Waals surface area contributed by atoms with Crippen molar-refractivity contribution in [3.05, 3.63) is 40.3 Å². The average Bonchev–Trinajstić information content (AvgIpc) is 3.21. The van der Waals surface area contributed by atoms with E-state index in [1.165, 1.54) is 21.0 Å². The number of hydrogen-bond donors (Lipinski definition) is 1. The standard InChI is InChI=1S/C18H20N4OS2/c1-12-11-24-18(19-12)21-16(23)10-22-8-6-13(7-9-22)17-20-14-4-2-3-5-15(14)25-17/h2-5,11,13H,6-10H2,1H3,(H,19,21,23). The number of aromatic nitrogens is 2. The van der Waals surface area contributed by atoms with Gasteiger partial charge in [0.15, 0.2) is 5.13 Å². The predicted octanol–water partition coefficient (Wildman–Crippen LogP) is 3.88. The second kappa shape index (κ2) is 7.19. The zero-order valence-electron chi connectivity index (χ0n) is 14.1. The Bertz CT molecular complexity index is 847. The van der Waals surface area contributed by atoms with Gasteiger partial charge in [0.1, 0.15) is 0 Å². The van der Waals surface area contributed by atoms with Crippen molar-refractivity contribution in [2.75, 3.05) is 25.0 Å². The molecule has 1 N–H and O–H groups in total. The quantitative estimate of drug-likeness (QED) is 0.755. The molecular weight excluding hydrogens is 352 g/mol. The van der Waals surface area contributed by atoms with Gasteiger partial charge in [0, 0.05) is 11.3 Å². The second-order valence-electron chi connectivity index (χ2n) is 6.41. The number of benzene rings is 1. The van der Waals surface area contributed by atoms with Gasteiger partial charge in [0.25, 0.3) is 0 Å². The van der Waals surface area contributed by atoms with Crippen LogP contribution in [0.5, 0.6) is 0 Å². The maximum absolute atomic E-state index is 12.2. The number of thiazole rings is 2. The Morgan fingerprint density at radius 1 is 1.28 bits per heavy atom. The van der Waals surface area contributed by atoms with E-state index in [1.54, 1.807) is 0 Å². The minimum absolute atomic E-state index is 0.0211. The van der Waals surface area contributed by atoms with Crippen LogP contribution in [0.4, 0.5) is 5.13 Å². The fraction of sp³-hybridized carbons (Fsp3) is 0.389. The van der Waals surface area contributed by atoms with Gasteiger partial charge in [-0.3, -0.25) is 9.69 Å². The van der Waals surface area contributed by atoms with E-state index in [-0.39, 0.29) is 5.91 Å². The van der Waals surface area contributed by atoms with Crippen molar-refractivity contribution in [3.8, 4) is 0 Å². The Labute approximate surface area is 154 Å². The lowest BCUT2D eigenvalue weighted by atomic mass is 9.97. The molecule has 0 atom stereocenters. The molecule has 0 saturated carbocycles. The molecule has 3 heterocycles. The van der Waals surface area contributed by atoms with Crippen molar-refractivity contribution in [3.63, 3.8) is 0 Å². The molecule has 1 fully saturated rings. The first-order chi connectivity index (χ1) is 12.2. The first-order valence-electron chi connectivity index (χ1n) is 8.47. The highest BCUT2D eigenvalue weighted by Crippen LogP contribution is 2.33. The molecule has 5 nitrogen and oxygen atoms in total. The summed E-state index contributed by atoms with van der Waals surface area (Å²) in [5.41, 5.74) is 2.04. The summed E-state index contributed by atoms with van der Waals surface area (Å²) in [6, 6.07) is 8.32. The van der Waals surface area contributed by atoms with E-state index in [2.05, 4.69) is 33.4 Å². The van der Waals surface area contributed by atoms with E-state index in [0.29, 0.717) is 17.6 Å². The van der Waals surface area contributed by atoms with E-state index in [1.807, 2.05) is 29.7 Å². The maximum Gasteiger partial charge on any atom is 0.240 e. The molecule has 7 heteroatoms. The van der Waals surface area contributed by atoms with Crippen molar-refractivity contribution in [2.24, 2.45) is 0 Å². The van der Waals surface area contributed by atoms with Gasteiger partial charge >= 0.3 is 0 Å². The van der Waals surface area contributed by atoms with Crippen LogP contribution in [-0.4, -0.2) is 40.4 Å². The zero-order valence-corrected chi connectivity index (χ0v) is 15.7. The Kier molecular flexibility index (Phi) is 4.78. The Hall–Kier alpha value is -1.83. The number of nitrogens with one attached hydrogen (secondary N) is 1. The van der Waals surface area contributed by atoms with E-state index in [9.17, 15) is 4.79 Å². The molecule has 0 aliphatic carbocycles. The summed E-state index contributed by atoms with van der Waals surface area (Å²) in [5, 5.41) is 6.76. The molecule has 4 rings (SSSR count). The van der Waals surface area contributed by atoms with E-state index < -0.39 is 0 Å². The SMILES string of the molecule is Cc1csc(NC(=O)CN2CCC(c3nc4ccccc4s3)CC2)n1. The molecular formula is C18H20N4OS2. The Morgan fingerprint density at radius 2 is 2.08 bits per heavy atom. The van der Waals surface area contributed by atoms with Gasteiger partial charge in [-0.15, -0.1) is 22.7 Å². The summed E-state index contributed by atoms with van der Waals surface area (Å²) >= 11 is 3.28.